The van der Waals surface area contributed by atoms with E-state index in [2.05, 4.69) is 10.3 Å². The molecule has 220 valence electrons. The van der Waals surface area contributed by atoms with Crippen LogP contribution < -0.4 is 15.0 Å². The molecule has 2 amide bonds. The van der Waals surface area contributed by atoms with Gasteiger partial charge in [0.15, 0.2) is 5.65 Å². The Labute approximate surface area is 244 Å². The molecule has 9 nitrogen and oxygen atoms in total. The summed E-state index contributed by atoms with van der Waals surface area (Å²) >= 11 is 0. The van der Waals surface area contributed by atoms with E-state index in [1.54, 1.807) is 64.5 Å². The zero-order valence-electron chi connectivity index (χ0n) is 24.4. The van der Waals surface area contributed by atoms with Crippen molar-refractivity contribution in [2.24, 2.45) is 0 Å². The van der Waals surface area contributed by atoms with E-state index in [1.807, 2.05) is 23.5 Å². The highest BCUT2D eigenvalue weighted by Gasteiger charge is 2.28. The number of pyridine rings is 1. The molecule has 1 saturated carbocycles. The molecule has 42 heavy (non-hydrogen) atoms. The summed E-state index contributed by atoms with van der Waals surface area (Å²) in [4.78, 5) is 32.2. The van der Waals surface area contributed by atoms with Crippen LogP contribution in [-0.4, -0.2) is 53.3 Å². The van der Waals surface area contributed by atoms with Crippen molar-refractivity contribution in [3.05, 3.63) is 77.9 Å². The molecule has 1 aliphatic rings. The number of ether oxygens (including phenoxy) is 3. The maximum atomic E-state index is 14.0. The number of aryl methyl sites for hydroxylation is 1. The average Bonchev–Trinajstić information content (AvgIpc) is 3.62. The van der Waals surface area contributed by atoms with Crippen LogP contribution in [0.4, 0.5) is 14.9 Å². The number of amides is 2. The Morgan fingerprint density at radius 1 is 1.12 bits per heavy atom. The SMILES string of the molecule is COCCN(C(=O)OC(C)(C)C)c1cc(Oc2cccc(F)c2)cn2c(-c3ccc(C(=O)NC4CC4)c(C)c3)cnc12. The first-order valence-electron chi connectivity index (χ1n) is 13.9. The molecular weight excluding hydrogens is 539 g/mol. The number of hydrogen-bond acceptors (Lipinski definition) is 6. The molecule has 1 N–H and O–H groups in total. The highest BCUT2D eigenvalue weighted by molar-refractivity contribution is 5.97. The van der Waals surface area contributed by atoms with Crippen LogP contribution in [0.25, 0.3) is 16.9 Å². The fourth-order valence-electron chi connectivity index (χ4n) is 4.56. The van der Waals surface area contributed by atoms with Crippen molar-refractivity contribution in [1.82, 2.24) is 14.7 Å². The van der Waals surface area contributed by atoms with E-state index in [9.17, 15) is 14.0 Å². The summed E-state index contributed by atoms with van der Waals surface area (Å²) in [5.41, 5.74) is 3.14. The minimum Gasteiger partial charge on any atom is -0.456 e. The van der Waals surface area contributed by atoms with E-state index in [-0.39, 0.29) is 25.1 Å². The second-order valence-electron chi connectivity index (χ2n) is 11.4. The van der Waals surface area contributed by atoms with Crippen molar-refractivity contribution in [3.63, 3.8) is 0 Å². The number of methoxy groups -OCH3 is 1. The van der Waals surface area contributed by atoms with Crippen molar-refractivity contribution < 1.29 is 28.2 Å². The first kappa shape index (κ1) is 29.1. The third kappa shape index (κ3) is 6.71. The van der Waals surface area contributed by atoms with Gasteiger partial charge in [-0.1, -0.05) is 12.1 Å². The molecule has 0 radical (unpaired) electrons. The molecule has 0 saturated heterocycles. The lowest BCUT2D eigenvalue weighted by Gasteiger charge is -2.28. The van der Waals surface area contributed by atoms with E-state index in [1.165, 1.54) is 17.0 Å². The first-order valence-corrected chi connectivity index (χ1v) is 13.9. The molecule has 1 fully saturated rings. The van der Waals surface area contributed by atoms with Gasteiger partial charge >= 0.3 is 6.09 Å². The van der Waals surface area contributed by atoms with Gasteiger partial charge in [-0.3, -0.25) is 14.1 Å². The van der Waals surface area contributed by atoms with Gasteiger partial charge in [0.05, 0.1) is 36.9 Å². The minimum atomic E-state index is -0.736. The molecule has 2 aromatic heterocycles. The van der Waals surface area contributed by atoms with Crippen LogP contribution in [0.3, 0.4) is 0 Å². The minimum absolute atomic E-state index is 0.0843. The molecule has 0 aliphatic heterocycles. The van der Waals surface area contributed by atoms with Crippen molar-refractivity contribution in [2.45, 2.75) is 52.2 Å². The summed E-state index contributed by atoms with van der Waals surface area (Å²) in [5, 5.41) is 3.03. The molecular formula is C32H35FN4O5. The van der Waals surface area contributed by atoms with E-state index in [4.69, 9.17) is 14.2 Å². The summed E-state index contributed by atoms with van der Waals surface area (Å²) in [6, 6.07) is 13.4. The highest BCUT2D eigenvalue weighted by atomic mass is 19.1. The number of fused-ring (bicyclic) bond motifs is 1. The molecule has 1 aliphatic carbocycles. The third-order valence-electron chi connectivity index (χ3n) is 6.70. The van der Waals surface area contributed by atoms with Gasteiger partial charge in [0.2, 0.25) is 0 Å². The standard InChI is InChI=1S/C32H35FN4O5/c1-20-15-21(9-12-26(20)30(38)35-23-10-11-23)28-18-34-29-27(36(13-14-40-5)31(39)42-32(2,3)4)17-25(19-37(28)29)41-24-8-6-7-22(33)16-24/h6-9,12,15-19,23H,10-11,13-14H2,1-5H3,(H,35,38). The fourth-order valence-corrected chi connectivity index (χ4v) is 4.56. The number of nitrogens with zero attached hydrogens (tertiary/aromatic N) is 3. The molecule has 5 rings (SSSR count). The third-order valence-corrected chi connectivity index (χ3v) is 6.70. The van der Waals surface area contributed by atoms with Crippen LogP contribution in [0, 0.1) is 12.7 Å². The number of nitrogens with one attached hydrogen (secondary N) is 1. The Hall–Kier alpha value is -4.44. The van der Waals surface area contributed by atoms with Crippen LogP contribution in [0.5, 0.6) is 11.5 Å². The van der Waals surface area contributed by atoms with Gasteiger partial charge < -0.3 is 19.5 Å². The van der Waals surface area contributed by atoms with E-state index in [0.717, 1.165) is 24.0 Å². The van der Waals surface area contributed by atoms with Crippen molar-refractivity contribution >= 4 is 23.3 Å². The number of halogens is 1. The van der Waals surface area contributed by atoms with Crippen molar-refractivity contribution in [2.75, 3.05) is 25.2 Å². The van der Waals surface area contributed by atoms with Crippen LogP contribution in [-0.2, 0) is 9.47 Å². The van der Waals surface area contributed by atoms with E-state index in [0.29, 0.717) is 34.1 Å². The Kier molecular flexibility index (Phi) is 8.17. The van der Waals surface area contributed by atoms with Gasteiger partial charge in [-0.15, -0.1) is 0 Å². The Balaban J connectivity index is 1.61. The van der Waals surface area contributed by atoms with Crippen molar-refractivity contribution in [1.29, 1.82) is 0 Å². The van der Waals surface area contributed by atoms with Crippen LogP contribution in [0.2, 0.25) is 0 Å². The van der Waals surface area contributed by atoms with E-state index < -0.39 is 17.5 Å². The maximum absolute atomic E-state index is 14.0. The number of aromatic nitrogens is 2. The molecule has 0 bridgehead atoms. The zero-order valence-corrected chi connectivity index (χ0v) is 24.4. The normalized spacial score (nSPS) is 13.2. The molecule has 0 unspecified atom stereocenters. The maximum Gasteiger partial charge on any atom is 0.415 e. The topological polar surface area (TPSA) is 94.4 Å². The molecule has 2 heterocycles. The van der Waals surface area contributed by atoms with Crippen molar-refractivity contribution in [3.8, 4) is 22.8 Å². The summed E-state index contributed by atoms with van der Waals surface area (Å²) in [6.45, 7) is 7.72. The first-order chi connectivity index (χ1) is 20.0. The Morgan fingerprint density at radius 2 is 1.90 bits per heavy atom. The van der Waals surface area contributed by atoms with Gasteiger partial charge in [0, 0.05) is 36.4 Å². The number of anilines is 1. The van der Waals surface area contributed by atoms with Gasteiger partial charge in [-0.05, 0) is 70.4 Å². The number of carbonyl (C=O) groups excluding carboxylic acids is 2. The largest absolute Gasteiger partial charge is 0.456 e. The second kappa shape index (κ2) is 11.8. The summed E-state index contributed by atoms with van der Waals surface area (Å²) in [7, 11) is 1.55. The number of imidazole rings is 1. The van der Waals surface area contributed by atoms with Gasteiger partial charge in [0.1, 0.15) is 22.9 Å². The predicted octanol–water partition coefficient (Wildman–Crippen LogP) is 6.52. The molecule has 0 atom stereocenters. The average molecular weight is 575 g/mol. The highest BCUT2D eigenvalue weighted by Crippen LogP contribution is 2.34. The predicted molar refractivity (Wildman–Crippen MR) is 158 cm³/mol. The lowest BCUT2D eigenvalue weighted by molar-refractivity contribution is 0.0569. The summed E-state index contributed by atoms with van der Waals surface area (Å²) in [6.07, 6.45) is 4.89. The Morgan fingerprint density at radius 3 is 2.57 bits per heavy atom. The molecule has 4 aromatic rings. The lowest BCUT2D eigenvalue weighted by Crippen LogP contribution is -2.39. The monoisotopic (exact) mass is 574 g/mol. The van der Waals surface area contributed by atoms with Crippen LogP contribution in [0.15, 0.2) is 60.9 Å². The van der Waals surface area contributed by atoms with Crippen LogP contribution in [0.1, 0.15) is 49.5 Å². The number of hydrogen-bond donors (Lipinski definition) is 1. The zero-order chi connectivity index (χ0) is 30.0. The molecule has 2 aromatic carbocycles. The summed E-state index contributed by atoms with van der Waals surface area (Å²) in [5.74, 6) is 0.128. The van der Waals surface area contributed by atoms with Gasteiger partial charge in [-0.2, -0.15) is 0 Å². The Bertz CT molecular complexity index is 1620. The molecule has 10 heteroatoms. The quantitative estimate of drug-likeness (QED) is 0.245. The fraction of sp³-hybridized carbons (Fsp3) is 0.344. The second-order valence-corrected chi connectivity index (χ2v) is 11.4. The van der Waals surface area contributed by atoms with Crippen LogP contribution >= 0.6 is 0 Å². The smallest absolute Gasteiger partial charge is 0.415 e. The van der Waals surface area contributed by atoms with E-state index >= 15 is 0 Å². The number of benzene rings is 2. The number of rotatable bonds is 9. The molecule has 0 spiro atoms. The summed E-state index contributed by atoms with van der Waals surface area (Å²) < 4.78 is 32.8. The lowest BCUT2D eigenvalue weighted by atomic mass is 10.0. The number of carbonyl (C=O) groups is 2. The van der Waals surface area contributed by atoms with Gasteiger partial charge in [-0.25, -0.2) is 14.2 Å². The van der Waals surface area contributed by atoms with Gasteiger partial charge in [0.25, 0.3) is 5.91 Å².